The number of rotatable bonds is 9. The third-order valence-electron chi connectivity index (χ3n) is 4.35. The van der Waals surface area contributed by atoms with Crippen molar-refractivity contribution < 1.29 is 13.2 Å². The third kappa shape index (κ3) is 5.88. The summed E-state index contributed by atoms with van der Waals surface area (Å²) in [5.41, 5.74) is 2.66. The van der Waals surface area contributed by atoms with E-state index in [-0.39, 0.29) is 23.4 Å². The van der Waals surface area contributed by atoms with Crippen LogP contribution in [-0.4, -0.2) is 30.3 Å². The average Bonchev–Trinajstić information content (AvgIpc) is 3.08. The van der Waals surface area contributed by atoms with Gasteiger partial charge in [-0.2, -0.15) is 0 Å². The molecule has 0 aliphatic heterocycles. The van der Waals surface area contributed by atoms with Crippen LogP contribution in [-0.2, 0) is 27.8 Å². The number of fused-ring (bicyclic) bond motifs is 1. The van der Waals surface area contributed by atoms with Crippen molar-refractivity contribution in [2.24, 2.45) is 0 Å². The van der Waals surface area contributed by atoms with Gasteiger partial charge in [-0.25, -0.2) is 18.1 Å². The van der Waals surface area contributed by atoms with E-state index in [1.165, 1.54) is 0 Å². The minimum Gasteiger partial charge on any atom is -0.352 e. The Labute approximate surface area is 171 Å². The number of H-pyrrole nitrogens is 1. The largest absolute Gasteiger partial charge is 0.352 e. The number of carbonyl (C=O) groups excluding carboxylic acids is 1. The van der Waals surface area contributed by atoms with Crippen LogP contribution in [0, 0.1) is 0 Å². The average molecular weight is 415 g/mol. The Morgan fingerprint density at radius 3 is 2.69 bits per heavy atom. The molecule has 29 heavy (non-hydrogen) atoms. The highest BCUT2D eigenvalue weighted by atomic mass is 32.2. The maximum atomic E-state index is 12.3. The number of aromatic amines is 1. The molecule has 2 aromatic carbocycles. The zero-order valence-electron chi connectivity index (χ0n) is 16.6. The van der Waals surface area contributed by atoms with Crippen LogP contribution in [0.3, 0.4) is 0 Å². The normalized spacial score (nSPS) is 11.8. The molecule has 1 aromatic heterocycles. The molecule has 1 amide bonds. The molecule has 0 aliphatic carbocycles. The fraction of sp³-hybridized carbons (Fsp3) is 0.333. The Bertz CT molecular complexity index is 1060. The second kappa shape index (κ2) is 9.19. The van der Waals surface area contributed by atoms with E-state index in [1.54, 1.807) is 38.1 Å². The van der Waals surface area contributed by atoms with Crippen LogP contribution in [0.25, 0.3) is 11.0 Å². The quantitative estimate of drug-likeness (QED) is 0.501. The summed E-state index contributed by atoms with van der Waals surface area (Å²) < 4.78 is 27.1. The zero-order valence-corrected chi connectivity index (χ0v) is 17.4. The number of nitrogens with zero attached hydrogens (tertiary/aromatic N) is 1. The van der Waals surface area contributed by atoms with Crippen LogP contribution in [0.5, 0.6) is 0 Å². The monoisotopic (exact) mass is 414 g/mol. The lowest BCUT2D eigenvalue weighted by atomic mass is 10.2. The molecule has 3 N–H and O–H groups in total. The number of aromatic nitrogens is 2. The van der Waals surface area contributed by atoms with Crippen LogP contribution < -0.4 is 10.0 Å². The Balaban J connectivity index is 1.48. The van der Waals surface area contributed by atoms with Gasteiger partial charge in [-0.1, -0.05) is 24.3 Å². The molecule has 0 radical (unpaired) electrons. The number of sulfonamides is 1. The van der Waals surface area contributed by atoms with E-state index in [4.69, 9.17) is 0 Å². The molecule has 0 spiro atoms. The van der Waals surface area contributed by atoms with Crippen LogP contribution in [0.2, 0.25) is 0 Å². The van der Waals surface area contributed by atoms with Crippen LogP contribution in [0.15, 0.2) is 53.4 Å². The van der Waals surface area contributed by atoms with E-state index < -0.39 is 10.0 Å². The summed E-state index contributed by atoms with van der Waals surface area (Å²) in [6.45, 7) is 3.83. The highest BCUT2D eigenvalue weighted by molar-refractivity contribution is 7.89. The molecule has 3 rings (SSSR count). The van der Waals surface area contributed by atoms with E-state index in [0.717, 1.165) is 22.4 Å². The number of para-hydroxylation sites is 2. The fourth-order valence-electron chi connectivity index (χ4n) is 3.03. The third-order valence-corrected chi connectivity index (χ3v) is 6.00. The Hall–Kier alpha value is -2.71. The van der Waals surface area contributed by atoms with Crippen molar-refractivity contribution in [1.29, 1.82) is 0 Å². The zero-order chi connectivity index (χ0) is 20.9. The van der Waals surface area contributed by atoms with Crippen molar-refractivity contribution in [3.63, 3.8) is 0 Å². The summed E-state index contributed by atoms with van der Waals surface area (Å²) in [6.07, 6.45) is 1.75. The second-order valence-electron chi connectivity index (χ2n) is 7.25. The lowest BCUT2D eigenvalue weighted by Gasteiger charge is -2.11. The van der Waals surface area contributed by atoms with Crippen molar-refractivity contribution in [3.05, 3.63) is 59.9 Å². The van der Waals surface area contributed by atoms with E-state index in [0.29, 0.717) is 19.3 Å². The van der Waals surface area contributed by atoms with Crippen molar-refractivity contribution in [3.8, 4) is 0 Å². The van der Waals surface area contributed by atoms with Crippen molar-refractivity contribution >= 4 is 27.0 Å². The molecule has 0 unspecified atom stereocenters. The maximum absolute atomic E-state index is 12.3. The van der Waals surface area contributed by atoms with Crippen molar-refractivity contribution in [1.82, 2.24) is 20.0 Å². The number of nitrogens with one attached hydrogen (secondary N) is 3. The van der Waals surface area contributed by atoms with Gasteiger partial charge in [0.1, 0.15) is 5.82 Å². The highest BCUT2D eigenvalue weighted by Crippen LogP contribution is 2.13. The summed E-state index contributed by atoms with van der Waals surface area (Å²) in [5.74, 6) is 0.796. The maximum Gasteiger partial charge on any atom is 0.240 e. The molecule has 0 saturated heterocycles. The summed E-state index contributed by atoms with van der Waals surface area (Å²) in [4.78, 5) is 20.1. The lowest BCUT2D eigenvalue weighted by Crippen LogP contribution is -2.30. The number of aryl methyl sites for hydroxylation is 1. The van der Waals surface area contributed by atoms with Crippen LogP contribution >= 0.6 is 0 Å². The first-order valence-corrected chi connectivity index (χ1v) is 11.1. The van der Waals surface area contributed by atoms with Gasteiger partial charge in [0.15, 0.2) is 0 Å². The van der Waals surface area contributed by atoms with Gasteiger partial charge in [0.25, 0.3) is 0 Å². The van der Waals surface area contributed by atoms with Gasteiger partial charge in [-0.05, 0) is 50.1 Å². The SMILES string of the molecule is CC(C)NS(=O)(=O)c1cccc(CNC(=O)CCCc2nc3ccccc3[nH]2)c1. The van der Waals surface area contributed by atoms with E-state index >= 15 is 0 Å². The topological polar surface area (TPSA) is 104 Å². The number of hydrogen-bond acceptors (Lipinski definition) is 4. The summed E-state index contributed by atoms with van der Waals surface area (Å²) in [6, 6.07) is 14.2. The van der Waals surface area contributed by atoms with Gasteiger partial charge >= 0.3 is 0 Å². The fourth-order valence-corrected chi connectivity index (χ4v) is 4.35. The molecule has 8 heteroatoms. The molecule has 7 nitrogen and oxygen atoms in total. The summed E-state index contributed by atoms with van der Waals surface area (Å²) in [5, 5.41) is 2.85. The first-order valence-electron chi connectivity index (χ1n) is 9.65. The van der Waals surface area contributed by atoms with Crippen LogP contribution in [0.4, 0.5) is 0 Å². The van der Waals surface area contributed by atoms with E-state index in [2.05, 4.69) is 20.0 Å². The number of amides is 1. The van der Waals surface area contributed by atoms with Crippen molar-refractivity contribution in [2.75, 3.05) is 0 Å². The summed E-state index contributed by atoms with van der Waals surface area (Å²) in [7, 11) is -3.55. The number of benzene rings is 2. The molecule has 1 heterocycles. The van der Waals surface area contributed by atoms with Gasteiger partial charge in [0, 0.05) is 25.4 Å². The first-order chi connectivity index (χ1) is 13.8. The Morgan fingerprint density at radius 2 is 1.93 bits per heavy atom. The van der Waals surface area contributed by atoms with Gasteiger partial charge in [0.2, 0.25) is 15.9 Å². The van der Waals surface area contributed by atoms with E-state index in [9.17, 15) is 13.2 Å². The Morgan fingerprint density at radius 1 is 1.14 bits per heavy atom. The molecular formula is C21H26N4O3S. The number of carbonyl (C=O) groups is 1. The molecule has 3 aromatic rings. The molecular weight excluding hydrogens is 388 g/mol. The van der Waals surface area contributed by atoms with Gasteiger partial charge < -0.3 is 10.3 Å². The molecule has 0 fully saturated rings. The second-order valence-corrected chi connectivity index (χ2v) is 8.97. The van der Waals surface area contributed by atoms with Crippen LogP contribution in [0.1, 0.15) is 38.1 Å². The van der Waals surface area contributed by atoms with E-state index in [1.807, 2.05) is 24.3 Å². The number of hydrogen-bond donors (Lipinski definition) is 3. The molecule has 0 aliphatic rings. The predicted molar refractivity (Wildman–Crippen MR) is 113 cm³/mol. The smallest absolute Gasteiger partial charge is 0.240 e. The highest BCUT2D eigenvalue weighted by Gasteiger charge is 2.15. The van der Waals surface area contributed by atoms with Gasteiger partial charge in [0.05, 0.1) is 15.9 Å². The minimum atomic E-state index is -3.55. The summed E-state index contributed by atoms with van der Waals surface area (Å²) >= 11 is 0. The number of imidazole rings is 1. The lowest BCUT2D eigenvalue weighted by molar-refractivity contribution is -0.121. The predicted octanol–water partition coefficient (Wildman–Crippen LogP) is 2.89. The molecule has 0 atom stereocenters. The minimum absolute atomic E-state index is 0.0744. The van der Waals surface area contributed by atoms with Gasteiger partial charge in [-0.3, -0.25) is 4.79 Å². The molecule has 0 saturated carbocycles. The Kier molecular flexibility index (Phi) is 6.66. The first kappa shape index (κ1) is 21.0. The van der Waals surface area contributed by atoms with Gasteiger partial charge in [-0.15, -0.1) is 0 Å². The molecule has 154 valence electrons. The standard InChI is InChI=1S/C21H26N4O3S/c1-15(2)25-29(27,28)17-8-5-7-16(13-17)14-22-21(26)12-6-11-20-23-18-9-3-4-10-19(18)24-20/h3-5,7-10,13,15,25H,6,11-12,14H2,1-2H3,(H,22,26)(H,23,24). The van der Waals surface area contributed by atoms with Crippen molar-refractivity contribution in [2.45, 2.75) is 50.6 Å². The molecule has 0 bridgehead atoms.